The van der Waals surface area contributed by atoms with Gasteiger partial charge in [-0.05, 0) is 25.4 Å². The molecule has 1 aromatic rings. The number of carbonyl (C=O) groups is 1. The average molecular weight is 254 g/mol. The zero-order chi connectivity index (χ0) is 12.4. The number of rotatable bonds is 3. The summed E-state index contributed by atoms with van der Waals surface area (Å²) >= 11 is 1.52. The van der Waals surface area contributed by atoms with Gasteiger partial charge in [-0.25, -0.2) is 0 Å². The Bertz CT molecular complexity index is 380. The Morgan fingerprint density at radius 2 is 2.35 bits per heavy atom. The number of hydrogen-bond donors (Lipinski definition) is 1. The maximum atomic E-state index is 11.5. The molecular formula is C12H18N2O2S. The van der Waals surface area contributed by atoms with Crippen molar-refractivity contribution >= 4 is 17.3 Å². The van der Waals surface area contributed by atoms with Gasteiger partial charge in [-0.15, -0.1) is 11.3 Å². The molecule has 1 saturated heterocycles. The Kier molecular flexibility index (Phi) is 3.81. The molecule has 2 atom stereocenters. The van der Waals surface area contributed by atoms with Crippen LogP contribution in [-0.2, 0) is 4.79 Å². The molecular weight excluding hydrogens is 236 g/mol. The first kappa shape index (κ1) is 12.5. The standard InChI is InChI=1S/C12H18N2O2S/c1-9-8-13(2)5-6-14(9)11(12(15)16)10-4-3-7-17-10/h3-4,7,9,11H,5-6,8H2,1-2H3,(H,15,16). The first-order valence-corrected chi connectivity index (χ1v) is 6.68. The van der Waals surface area contributed by atoms with Gasteiger partial charge < -0.3 is 10.0 Å². The Morgan fingerprint density at radius 1 is 1.59 bits per heavy atom. The molecule has 17 heavy (non-hydrogen) atoms. The maximum absolute atomic E-state index is 11.5. The number of carboxylic acids is 1. The largest absolute Gasteiger partial charge is 0.480 e. The van der Waals surface area contributed by atoms with Gasteiger partial charge in [-0.3, -0.25) is 9.69 Å². The number of piperazine rings is 1. The van der Waals surface area contributed by atoms with Crippen LogP contribution in [0.5, 0.6) is 0 Å². The summed E-state index contributed by atoms with van der Waals surface area (Å²) in [4.78, 5) is 16.7. The van der Waals surface area contributed by atoms with Crippen LogP contribution in [0.25, 0.3) is 0 Å². The van der Waals surface area contributed by atoms with Crippen molar-refractivity contribution in [3.63, 3.8) is 0 Å². The molecule has 0 amide bonds. The third-order valence-corrected chi connectivity index (χ3v) is 4.18. The molecule has 0 aliphatic carbocycles. The zero-order valence-corrected chi connectivity index (χ0v) is 11.0. The second kappa shape index (κ2) is 5.16. The molecule has 0 bridgehead atoms. The highest BCUT2D eigenvalue weighted by Crippen LogP contribution is 2.28. The van der Waals surface area contributed by atoms with Crippen molar-refractivity contribution in [2.45, 2.75) is 19.0 Å². The van der Waals surface area contributed by atoms with Crippen LogP contribution >= 0.6 is 11.3 Å². The van der Waals surface area contributed by atoms with Gasteiger partial charge in [-0.1, -0.05) is 6.07 Å². The fourth-order valence-corrected chi connectivity index (χ4v) is 3.25. The first-order chi connectivity index (χ1) is 8.09. The summed E-state index contributed by atoms with van der Waals surface area (Å²) in [5, 5.41) is 11.4. The molecule has 0 radical (unpaired) electrons. The van der Waals surface area contributed by atoms with Crippen LogP contribution in [0, 0.1) is 0 Å². The third kappa shape index (κ3) is 2.68. The Balaban J connectivity index is 2.20. The van der Waals surface area contributed by atoms with Crippen molar-refractivity contribution in [1.29, 1.82) is 0 Å². The highest BCUT2D eigenvalue weighted by molar-refractivity contribution is 7.10. The van der Waals surface area contributed by atoms with Gasteiger partial charge in [0.25, 0.3) is 0 Å². The summed E-state index contributed by atoms with van der Waals surface area (Å²) in [6.45, 7) is 4.76. The SMILES string of the molecule is CC1CN(C)CCN1C(C(=O)O)c1cccs1. The van der Waals surface area contributed by atoms with Crippen LogP contribution in [0.3, 0.4) is 0 Å². The van der Waals surface area contributed by atoms with Gasteiger partial charge in [0.15, 0.2) is 0 Å². The van der Waals surface area contributed by atoms with E-state index in [1.54, 1.807) is 0 Å². The average Bonchev–Trinajstić information content (AvgIpc) is 2.74. The number of thiophene rings is 1. The van der Waals surface area contributed by atoms with Crippen LogP contribution in [0.1, 0.15) is 17.8 Å². The lowest BCUT2D eigenvalue weighted by atomic mass is 10.1. The first-order valence-electron chi connectivity index (χ1n) is 5.80. The van der Waals surface area contributed by atoms with Gasteiger partial charge >= 0.3 is 5.97 Å². The lowest BCUT2D eigenvalue weighted by molar-refractivity contribution is -0.145. The fourth-order valence-electron chi connectivity index (χ4n) is 2.41. The third-order valence-electron chi connectivity index (χ3n) is 3.26. The molecule has 0 aromatic carbocycles. The molecule has 1 aromatic heterocycles. The van der Waals surface area contributed by atoms with Crippen molar-refractivity contribution in [3.05, 3.63) is 22.4 Å². The molecule has 2 rings (SSSR count). The van der Waals surface area contributed by atoms with E-state index in [0.717, 1.165) is 24.5 Å². The molecule has 5 heteroatoms. The van der Waals surface area contributed by atoms with Crippen LogP contribution in [0.4, 0.5) is 0 Å². The van der Waals surface area contributed by atoms with Crippen LogP contribution < -0.4 is 0 Å². The molecule has 4 nitrogen and oxygen atoms in total. The number of likely N-dealkylation sites (N-methyl/N-ethyl adjacent to an activating group) is 1. The minimum Gasteiger partial charge on any atom is -0.480 e. The van der Waals surface area contributed by atoms with Crippen molar-refractivity contribution in [1.82, 2.24) is 9.80 Å². The smallest absolute Gasteiger partial charge is 0.326 e. The summed E-state index contributed by atoms with van der Waals surface area (Å²) in [6.07, 6.45) is 0. The lowest BCUT2D eigenvalue weighted by Gasteiger charge is -2.41. The minimum absolute atomic E-state index is 0.275. The Morgan fingerprint density at radius 3 is 2.88 bits per heavy atom. The van der Waals surface area contributed by atoms with E-state index in [4.69, 9.17) is 0 Å². The van der Waals surface area contributed by atoms with Crippen molar-refractivity contribution < 1.29 is 9.90 Å². The number of carboxylic acid groups (broad SMARTS) is 1. The number of aliphatic carboxylic acids is 1. The van der Waals surface area contributed by atoms with Crippen LogP contribution in [0.2, 0.25) is 0 Å². The maximum Gasteiger partial charge on any atom is 0.326 e. The minimum atomic E-state index is -0.746. The van der Waals surface area contributed by atoms with E-state index in [1.807, 2.05) is 17.5 Å². The van der Waals surface area contributed by atoms with E-state index < -0.39 is 12.0 Å². The molecule has 0 spiro atoms. The van der Waals surface area contributed by atoms with Crippen molar-refractivity contribution in [2.24, 2.45) is 0 Å². The molecule has 1 aliphatic rings. The van der Waals surface area contributed by atoms with E-state index in [-0.39, 0.29) is 6.04 Å². The second-order valence-corrected chi connectivity index (χ2v) is 5.58. The van der Waals surface area contributed by atoms with Crippen LogP contribution in [0.15, 0.2) is 17.5 Å². The monoisotopic (exact) mass is 254 g/mol. The summed E-state index contributed by atoms with van der Waals surface area (Å²) in [7, 11) is 2.08. The zero-order valence-electron chi connectivity index (χ0n) is 10.2. The van der Waals surface area contributed by atoms with Gasteiger partial charge in [-0.2, -0.15) is 0 Å². The summed E-state index contributed by atoms with van der Waals surface area (Å²) in [5.41, 5.74) is 0. The molecule has 1 N–H and O–H groups in total. The molecule has 94 valence electrons. The van der Waals surface area contributed by atoms with E-state index in [1.165, 1.54) is 11.3 Å². The highest BCUT2D eigenvalue weighted by atomic mass is 32.1. The van der Waals surface area contributed by atoms with E-state index in [0.29, 0.717) is 0 Å². The summed E-state index contributed by atoms with van der Waals surface area (Å²) < 4.78 is 0. The van der Waals surface area contributed by atoms with Gasteiger partial charge in [0.05, 0.1) is 0 Å². The van der Waals surface area contributed by atoms with Crippen molar-refractivity contribution in [3.8, 4) is 0 Å². The molecule has 1 aliphatic heterocycles. The summed E-state index contributed by atoms with van der Waals surface area (Å²) in [6, 6.07) is 3.61. The number of hydrogen-bond acceptors (Lipinski definition) is 4. The summed E-state index contributed by atoms with van der Waals surface area (Å²) in [5.74, 6) is -0.746. The van der Waals surface area contributed by atoms with Crippen LogP contribution in [-0.4, -0.2) is 53.6 Å². The predicted octanol–water partition coefficient (Wildman–Crippen LogP) is 1.51. The molecule has 2 heterocycles. The normalized spacial score (nSPS) is 24.7. The highest BCUT2D eigenvalue weighted by Gasteiger charge is 2.34. The van der Waals surface area contributed by atoms with Gasteiger partial charge in [0.1, 0.15) is 6.04 Å². The number of nitrogens with zero attached hydrogens (tertiary/aromatic N) is 2. The van der Waals surface area contributed by atoms with E-state index in [9.17, 15) is 9.90 Å². The lowest BCUT2D eigenvalue weighted by Crippen LogP contribution is -2.52. The van der Waals surface area contributed by atoms with Gasteiger partial charge in [0.2, 0.25) is 0 Å². The Labute approximate surface area is 105 Å². The molecule has 2 unspecified atom stereocenters. The predicted molar refractivity (Wildman–Crippen MR) is 68.4 cm³/mol. The van der Waals surface area contributed by atoms with E-state index >= 15 is 0 Å². The topological polar surface area (TPSA) is 43.8 Å². The van der Waals surface area contributed by atoms with E-state index in [2.05, 4.69) is 23.8 Å². The second-order valence-electron chi connectivity index (χ2n) is 4.61. The van der Waals surface area contributed by atoms with Gasteiger partial charge in [0, 0.05) is 30.6 Å². The quantitative estimate of drug-likeness (QED) is 0.888. The fraction of sp³-hybridized carbons (Fsp3) is 0.583. The Hall–Kier alpha value is -0.910. The van der Waals surface area contributed by atoms with Crippen molar-refractivity contribution in [2.75, 3.05) is 26.7 Å². The molecule has 1 fully saturated rings. The molecule has 0 saturated carbocycles.